The lowest BCUT2D eigenvalue weighted by atomic mass is 10.00. The van der Waals surface area contributed by atoms with Crippen molar-refractivity contribution in [3.8, 4) is 0 Å². The normalized spacial score (nSPS) is 24.5. The summed E-state index contributed by atoms with van der Waals surface area (Å²) in [5.41, 5.74) is 0. The van der Waals surface area contributed by atoms with E-state index in [9.17, 15) is 0 Å². The standard InChI is InChI=1S/C11H20OS/c1-2-12-8-7-11-6-4-3-5-9-13-10-11/h2,11H,1,3-10H2. The molecule has 1 saturated heterocycles. The first-order chi connectivity index (χ1) is 6.43. The molecule has 0 aromatic carbocycles. The Morgan fingerprint density at radius 2 is 2.31 bits per heavy atom. The van der Waals surface area contributed by atoms with E-state index >= 15 is 0 Å². The highest BCUT2D eigenvalue weighted by Crippen LogP contribution is 2.23. The van der Waals surface area contributed by atoms with Crippen molar-refractivity contribution in [2.75, 3.05) is 18.1 Å². The van der Waals surface area contributed by atoms with Crippen LogP contribution in [-0.2, 0) is 4.74 Å². The lowest BCUT2D eigenvalue weighted by Gasteiger charge is -2.18. The Balaban J connectivity index is 2.10. The molecule has 0 saturated carbocycles. The third-order valence-corrected chi connectivity index (χ3v) is 3.80. The first-order valence-electron chi connectivity index (χ1n) is 5.23. The minimum Gasteiger partial charge on any atom is -0.502 e. The minimum atomic E-state index is 0.856. The molecule has 1 aliphatic heterocycles. The van der Waals surface area contributed by atoms with Crippen molar-refractivity contribution in [2.24, 2.45) is 5.92 Å². The second-order valence-corrected chi connectivity index (χ2v) is 4.77. The monoisotopic (exact) mass is 200 g/mol. The molecule has 0 aliphatic carbocycles. The van der Waals surface area contributed by atoms with Gasteiger partial charge in [0, 0.05) is 0 Å². The van der Waals surface area contributed by atoms with Crippen LogP contribution in [0.15, 0.2) is 12.8 Å². The van der Waals surface area contributed by atoms with E-state index in [2.05, 4.69) is 18.3 Å². The maximum Gasteiger partial charge on any atom is 0.0875 e. The topological polar surface area (TPSA) is 9.23 Å². The summed E-state index contributed by atoms with van der Waals surface area (Å²) in [6.07, 6.45) is 8.41. The lowest BCUT2D eigenvalue weighted by molar-refractivity contribution is 0.223. The first-order valence-corrected chi connectivity index (χ1v) is 6.39. The van der Waals surface area contributed by atoms with Gasteiger partial charge in [-0.25, -0.2) is 0 Å². The maximum absolute atomic E-state index is 5.16. The van der Waals surface area contributed by atoms with Crippen molar-refractivity contribution < 1.29 is 4.74 Å². The molecular weight excluding hydrogens is 180 g/mol. The SMILES string of the molecule is C=COCCC1CCCCCSC1. The molecule has 0 bridgehead atoms. The van der Waals surface area contributed by atoms with Gasteiger partial charge in [-0.3, -0.25) is 0 Å². The van der Waals surface area contributed by atoms with E-state index in [1.807, 2.05) is 0 Å². The largest absolute Gasteiger partial charge is 0.502 e. The van der Waals surface area contributed by atoms with Gasteiger partial charge in [-0.15, -0.1) is 0 Å². The first kappa shape index (κ1) is 11.0. The van der Waals surface area contributed by atoms with Gasteiger partial charge < -0.3 is 4.74 Å². The van der Waals surface area contributed by atoms with E-state index in [1.54, 1.807) is 6.26 Å². The Morgan fingerprint density at radius 1 is 1.38 bits per heavy atom. The molecule has 13 heavy (non-hydrogen) atoms. The molecule has 0 amide bonds. The summed E-state index contributed by atoms with van der Waals surface area (Å²) < 4.78 is 5.16. The van der Waals surface area contributed by atoms with Gasteiger partial charge in [-0.05, 0) is 36.7 Å². The van der Waals surface area contributed by atoms with Gasteiger partial charge in [0.15, 0.2) is 0 Å². The third-order valence-electron chi connectivity index (χ3n) is 2.52. The van der Waals surface area contributed by atoms with Crippen LogP contribution in [0.3, 0.4) is 0 Å². The quantitative estimate of drug-likeness (QED) is 0.508. The third kappa shape index (κ3) is 5.25. The minimum absolute atomic E-state index is 0.856. The van der Waals surface area contributed by atoms with E-state index in [0.29, 0.717) is 0 Å². The summed E-state index contributed by atoms with van der Waals surface area (Å²) in [4.78, 5) is 0. The van der Waals surface area contributed by atoms with Crippen LogP contribution in [0.1, 0.15) is 32.1 Å². The predicted molar refractivity (Wildman–Crippen MR) is 60.0 cm³/mol. The summed E-state index contributed by atoms with van der Waals surface area (Å²) in [7, 11) is 0. The van der Waals surface area contributed by atoms with Crippen molar-refractivity contribution in [1.29, 1.82) is 0 Å². The second kappa shape index (κ2) is 7.31. The molecule has 0 spiro atoms. The van der Waals surface area contributed by atoms with Gasteiger partial charge in [-0.1, -0.05) is 19.4 Å². The van der Waals surface area contributed by atoms with Crippen LogP contribution < -0.4 is 0 Å². The molecule has 0 radical (unpaired) electrons. The zero-order valence-corrected chi connectivity index (χ0v) is 9.15. The van der Waals surface area contributed by atoms with Crippen molar-refractivity contribution in [2.45, 2.75) is 32.1 Å². The summed E-state index contributed by atoms with van der Waals surface area (Å²) >= 11 is 2.11. The summed E-state index contributed by atoms with van der Waals surface area (Å²) in [6.45, 7) is 4.41. The molecule has 2 heteroatoms. The zero-order chi connectivity index (χ0) is 9.36. The predicted octanol–water partition coefficient (Wildman–Crippen LogP) is 3.46. The van der Waals surface area contributed by atoms with Gasteiger partial charge in [0.05, 0.1) is 12.9 Å². The van der Waals surface area contributed by atoms with E-state index in [1.165, 1.54) is 43.6 Å². The number of ether oxygens (including phenoxy) is 1. The molecule has 1 fully saturated rings. The van der Waals surface area contributed by atoms with Gasteiger partial charge in [0.25, 0.3) is 0 Å². The molecule has 1 unspecified atom stereocenters. The van der Waals surface area contributed by atoms with E-state index in [0.717, 1.165) is 12.5 Å². The average Bonchev–Trinajstić information content (AvgIpc) is 2.08. The Hall–Kier alpha value is -0.110. The van der Waals surface area contributed by atoms with Crippen LogP contribution in [0.25, 0.3) is 0 Å². The van der Waals surface area contributed by atoms with Gasteiger partial charge in [0.1, 0.15) is 0 Å². The highest BCUT2D eigenvalue weighted by molar-refractivity contribution is 7.99. The fraction of sp³-hybridized carbons (Fsp3) is 0.818. The summed E-state index contributed by atoms with van der Waals surface area (Å²) in [6, 6.07) is 0. The van der Waals surface area contributed by atoms with Gasteiger partial charge in [-0.2, -0.15) is 11.8 Å². The summed E-state index contributed by atoms with van der Waals surface area (Å²) in [5.74, 6) is 3.57. The Labute approximate surface area is 85.9 Å². The van der Waals surface area contributed by atoms with Crippen molar-refractivity contribution in [1.82, 2.24) is 0 Å². The maximum atomic E-state index is 5.16. The lowest BCUT2D eigenvalue weighted by Crippen LogP contribution is -2.09. The molecule has 1 atom stereocenters. The molecule has 1 heterocycles. The van der Waals surface area contributed by atoms with Crippen LogP contribution in [0.2, 0.25) is 0 Å². The highest BCUT2D eigenvalue weighted by atomic mass is 32.2. The zero-order valence-electron chi connectivity index (χ0n) is 8.34. The Bertz CT molecular complexity index is 128. The fourth-order valence-electron chi connectivity index (χ4n) is 1.69. The molecule has 76 valence electrons. The van der Waals surface area contributed by atoms with Gasteiger partial charge in [0.2, 0.25) is 0 Å². The highest BCUT2D eigenvalue weighted by Gasteiger charge is 2.10. The van der Waals surface area contributed by atoms with E-state index < -0.39 is 0 Å². The van der Waals surface area contributed by atoms with Crippen LogP contribution in [0, 0.1) is 5.92 Å². The second-order valence-electron chi connectivity index (χ2n) is 3.62. The molecule has 1 rings (SSSR count). The van der Waals surface area contributed by atoms with Crippen LogP contribution in [0.4, 0.5) is 0 Å². The smallest absolute Gasteiger partial charge is 0.0875 e. The van der Waals surface area contributed by atoms with E-state index in [4.69, 9.17) is 4.74 Å². The molecular formula is C11H20OS. The number of thioether (sulfide) groups is 1. The van der Waals surface area contributed by atoms with E-state index in [-0.39, 0.29) is 0 Å². The van der Waals surface area contributed by atoms with Crippen LogP contribution in [-0.4, -0.2) is 18.1 Å². The van der Waals surface area contributed by atoms with Crippen molar-refractivity contribution >= 4 is 11.8 Å². The Kier molecular flexibility index (Phi) is 6.17. The number of hydrogen-bond donors (Lipinski definition) is 0. The fourth-order valence-corrected chi connectivity index (χ4v) is 2.93. The molecule has 1 nitrogen and oxygen atoms in total. The molecule has 0 aromatic heterocycles. The van der Waals surface area contributed by atoms with Crippen molar-refractivity contribution in [3.63, 3.8) is 0 Å². The molecule has 0 aromatic rings. The Morgan fingerprint density at radius 3 is 3.15 bits per heavy atom. The van der Waals surface area contributed by atoms with Crippen molar-refractivity contribution in [3.05, 3.63) is 12.8 Å². The summed E-state index contributed by atoms with van der Waals surface area (Å²) in [5, 5.41) is 0. The number of rotatable bonds is 4. The molecule has 0 N–H and O–H groups in total. The van der Waals surface area contributed by atoms with Crippen LogP contribution >= 0.6 is 11.8 Å². The van der Waals surface area contributed by atoms with Crippen LogP contribution in [0.5, 0.6) is 0 Å². The molecule has 1 aliphatic rings. The average molecular weight is 200 g/mol. The van der Waals surface area contributed by atoms with Gasteiger partial charge >= 0.3 is 0 Å². The number of hydrogen-bond acceptors (Lipinski definition) is 2.